The summed E-state index contributed by atoms with van der Waals surface area (Å²) in [5.41, 5.74) is 1.03. The zero-order valence-electron chi connectivity index (χ0n) is 10.7. The minimum atomic E-state index is 0.106. The number of thiophene rings is 2. The number of aromatic nitrogens is 2. The molecule has 0 bridgehead atoms. The third-order valence-corrected chi connectivity index (χ3v) is 5.51. The highest BCUT2D eigenvalue weighted by Crippen LogP contribution is 2.37. The number of nitrogens with zero attached hydrogens (tertiary/aromatic N) is 2. The zero-order chi connectivity index (χ0) is 13.4. The minimum absolute atomic E-state index is 0.106. The predicted molar refractivity (Wildman–Crippen MR) is 83.4 cm³/mol. The Hall–Kier alpha value is -0.880. The minimum Gasteiger partial charge on any atom is -0.305 e. The van der Waals surface area contributed by atoms with Crippen molar-refractivity contribution in [2.75, 3.05) is 6.54 Å². The van der Waals surface area contributed by atoms with Crippen LogP contribution in [0.4, 0.5) is 0 Å². The van der Waals surface area contributed by atoms with Gasteiger partial charge in [0.2, 0.25) is 0 Å². The van der Waals surface area contributed by atoms with Crippen molar-refractivity contribution >= 4 is 43.7 Å². The highest BCUT2D eigenvalue weighted by atomic mass is 35.5. The van der Waals surface area contributed by atoms with E-state index in [1.807, 2.05) is 23.1 Å². The molecule has 6 heteroatoms. The molecule has 1 N–H and O–H groups in total. The molecule has 3 aromatic rings. The first-order valence-corrected chi connectivity index (χ1v) is 8.15. The van der Waals surface area contributed by atoms with Crippen LogP contribution in [0.15, 0.2) is 23.7 Å². The molecule has 1 atom stereocenters. The van der Waals surface area contributed by atoms with Gasteiger partial charge in [0.1, 0.15) is 0 Å². The monoisotopic (exact) mass is 311 g/mol. The van der Waals surface area contributed by atoms with Gasteiger partial charge in [-0.15, -0.1) is 22.7 Å². The van der Waals surface area contributed by atoms with Crippen LogP contribution >= 0.6 is 34.3 Å². The molecule has 1 unspecified atom stereocenters. The van der Waals surface area contributed by atoms with Crippen LogP contribution in [-0.4, -0.2) is 16.3 Å². The van der Waals surface area contributed by atoms with Gasteiger partial charge < -0.3 is 5.32 Å². The molecule has 3 heterocycles. The summed E-state index contributed by atoms with van der Waals surface area (Å²) in [6.07, 6.45) is 1.71. The molecular formula is C13H14ClN3S2. The van der Waals surface area contributed by atoms with E-state index in [0.717, 1.165) is 12.2 Å². The van der Waals surface area contributed by atoms with Crippen molar-refractivity contribution in [3.63, 3.8) is 0 Å². The van der Waals surface area contributed by atoms with Gasteiger partial charge in [0.25, 0.3) is 0 Å². The van der Waals surface area contributed by atoms with Gasteiger partial charge in [0.15, 0.2) is 0 Å². The van der Waals surface area contributed by atoms with Gasteiger partial charge >= 0.3 is 0 Å². The lowest BCUT2D eigenvalue weighted by Crippen LogP contribution is -2.23. The van der Waals surface area contributed by atoms with E-state index in [2.05, 4.69) is 34.9 Å². The molecule has 19 heavy (non-hydrogen) atoms. The molecule has 0 spiro atoms. The fraction of sp³-hybridized carbons (Fsp3) is 0.308. The molecule has 0 aliphatic rings. The van der Waals surface area contributed by atoms with Crippen molar-refractivity contribution in [1.29, 1.82) is 0 Å². The molecule has 0 aliphatic heterocycles. The second-order valence-corrected chi connectivity index (χ2v) is 6.76. The lowest BCUT2D eigenvalue weighted by molar-refractivity contribution is 0.580. The highest BCUT2D eigenvalue weighted by Gasteiger charge is 2.22. The molecule has 3 rings (SSSR count). The number of nitrogens with one attached hydrogen (secondary N) is 1. The first-order valence-electron chi connectivity index (χ1n) is 6.08. The fourth-order valence-electron chi connectivity index (χ4n) is 2.21. The third kappa shape index (κ3) is 2.31. The van der Waals surface area contributed by atoms with E-state index in [-0.39, 0.29) is 6.04 Å². The molecule has 0 aromatic carbocycles. The Balaban J connectivity index is 2.08. The number of fused-ring (bicyclic) bond motifs is 1. The summed E-state index contributed by atoms with van der Waals surface area (Å²) in [4.78, 5) is 1.29. The maximum atomic E-state index is 6.28. The normalized spacial score (nSPS) is 13.2. The Morgan fingerprint density at radius 1 is 1.47 bits per heavy atom. The summed E-state index contributed by atoms with van der Waals surface area (Å²) in [5.74, 6) is 0. The van der Waals surface area contributed by atoms with E-state index < -0.39 is 0 Å². The predicted octanol–water partition coefficient (Wildman–Crippen LogP) is 4.05. The first-order chi connectivity index (χ1) is 9.20. The van der Waals surface area contributed by atoms with Gasteiger partial charge in [0, 0.05) is 21.3 Å². The Morgan fingerprint density at radius 3 is 2.95 bits per heavy atom. The largest absolute Gasteiger partial charge is 0.305 e. The summed E-state index contributed by atoms with van der Waals surface area (Å²) in [6, 6.07) is 4.53. The average Bonchev–Trinajstić information content (AvgIpc) is 3.02. The van der Waals surface area contributed by atoms with Gasteiger partial charge in [0.05, 0.1) is 23.0 Å². The molecule has 0 amide bonds. The van der Waals surface area contributed by atoms with E-state index in [1.54, 1.807) is 17.5 Å². The molecule has 0 saturated heterocycles. The smallest absolute Gasteiger partial charge is 0.0857 e. The maximum Gasteiger partial charge on any atom is 0.0857 e. The van der Waals surface area contributed by atoms with Gasteiger partial charge in [-0.2, -0.15) is 5.10 Å². The van der Waals surface area contributed by atoms with Gasteiger partial charge in [-0.3, -0.25) is 4.68 Å². The van der Waals surface area contributed by atoms with E-state index in [1.165, 1.54) is 14.3 Å². The Labute approximate surface area is 124 Å². The molecular weight excluding hydrogens is 298 g/mol. The third-order valence-electron chi connectivity index (χ3n) is 3.06. The second-order valence-electron chi connectivity index (χ2n) is 4.29. The first kappa shape index (κ1) is 13.1. The Morgan fingerprint density at radius 2 is 2.32 bits per heavy atom. The Bertz CT molecular complexity index is 650. The van der Waals surface area contributed by atoms with Gasteiger partial charge in [-0.05, 0) is 24.1 Å². The summed E-state index contributed by atoms with van der Waals surface area (Å²) < 4.78 is 4.52. The number of hydrogen-bond donors (Lipinski definition) is 1. The van der Waals surface area contributed by atoms with Crippen molar-refractivity contribution in [2.45, 2.75) is 13.0 Å². The van der Waals surface area contributed by atoms with Gasteiger partial charge in [-0.1, -0.05) is 18.5 Å². The summed E-state index contributed by atoms with van der Waals surface area (Å²) in [7, 11) is 1.93. The maximum absolute atomic E-state index is 6.28. The number of halogens is 1. The molecule has 3 nitrogen and oxygen atoms in total. The van der Waals surface area contributed by atoms with Crippen LogP contribution in [0.1, 0.15) is 23.5 Å². The summed E-state index contributed by atoms with van der Waals surface area (Å²) >= 11 is 9.87. The highest BCUT2D eigenvalue weighted by molar-refractivity contribution is 7.27. The lowest BCUT2D eigenvalue weighted by Gasteiger charge is -2.17. The number of hydrogen-bond acceptors (Lipinski definition) is 4. The molecule has 3 aromatic heterocycles. The molecule has 0 fully saturated rings. The molecule has 0 saturated carbocycles. The van der Waals surface area contributed by atoms with Crippen LogP contribution < -0.4 is 5.32 Å². The van der Waals surface area contributed by atoms with E-state index >= 15 is 0 Å². The van der Waals surface area contributed by atoms with Crippen LogP contribution in [-0.2, 0) is 7.05 Å². The van der Waals surface area contributed by atoms with Crippen molar-refractivity contribution < 1.29 is 0 Å². The zero-order valence-corrected chi connectivity index (χ0v) is 13.1. The van der Waals surface area contributed by atoms with Gasteiger partial charge in [-0.25, -0.2) is 0 Å². The van der Waals surface area contributed by atoms with Crippen LogP contribution in [0, 0.1) is 0 Å². The fourth-order valence-corrected chi connectivity index (χ4v) is 4.68. The SMILES string of the molecule is CCNC(c1cc2sccc2s1)c1c(Cl)cnn1C. The van der Waals surface area contributed by atoms with Crippen LogP contribution in [0.2, 0.25) is 5.02 Å². The van der Waals surface area contributed by atoms with Crippen molar-refractivity contribution in [3.05, 3.63) is 39.3 Å². The number of aryl methyl sites for hydroxylation is 1. The van der Waals surface area contributed by atoms with Crippen molar-refractivity contribution in [1.82, 2.24) is 15.1 Å². The average molecular weight is 312 g/mol. The van der Waals surface area contributed by atoms with Crippen LogP contribution in [0.25, 0.3) is 9.40 Å². The van der Waals surface area contributed by atoms with E-state index in [4.69, 9.17) is 11.6 Å². The van der Waals surface area contributed by atoms with Crippen LogP contribution in [0.5, 0.6) is 0 Å². The number of rotatable bonds is 4. The summed E-state index contributed by atoms with van der Waals surface area (Å²) in [6.45, 7) is 2.99. The second kappa shape index (κ2) is 5.25. The van der Waals surface area contributed by atoms with Crippen molar-refractivity contribution in [2.24, 2.45) is 7.05 Å². The van der Waals surface area contributed by atoms with Crippen LogP contribution in [0.3, 0.4) is 0 Å². The van der Waals surface area contributed by atoms with E-state index in [9.17, 15) is 0 Å². The Kier molecular flexibility index (Phi) is 3.62. The summed E-state index contributed by atoms with van der Waals surface area (Å²) in [5, 5.41) is 10.6. The van der Waals surface area contributed by atoms with E-state index in [0.29, 0.717) is 5.02 Å². The molecule has 0 aliphatic carbocycles. The molecule has 100 valence electrons. The standard InChI is InChI=1S/C13H14ClN3S2/c1-3-15-12(13-8(14)7-16-17(13)2)11-6-10-9(19-11)4-5-18-10/h4-7,12,15H,3H2,1-2H3. The quantitative estimate of drug-likeness (QED) is 0.788. The molecule has 0 radical (unpaired) electrons. The van der Waals surface area contributed by atoms with Crippen molar-refractivity contribution in [3.8, 4) is 0 Å². The topological polar surface area (TPSA) is 29.9 Å². The lowest BCUT2D eigenvalue weighted by atomic mass is 10.1.